The monoisotopic (exact) mass is 334 g/mol. The lowest BCUT2D eigenvalue weighted by atomic mass is 9.82. The molecule has 3 heterocycles. The summed E-state index contributed by atoms with van der Waals surface area (Å²) < 4.78 is 5.56. The van der Waals surface area contributed by atoms with Crippen molar-refractivity contribution in [1.82, 2.24) is 15.0 Å². The molecule has 3 aromatic heterocycles. The van der Waals surface area contributed by atoms with Crippen LogP contribution < -0.4 is 5.73 Å². The van der Waals surface area contributed by atoms with E-state index in [4.69, 9.17) is 15.1 Å². The predicted octanol–water partition coefficient (Wildman–Crippen LogP) is 3.10. The Kier molecular flexibility index (Phi) is 3.80. The number of nitrogens with two attached hydrogens (primary N) is 1. The number of rotatable bonds is 4. The van der Waals surface area contributed by atoms with E-state index in [1.54, 1.807) is 30.9 Å². The Bertz CT molecular complexity index is 885. The topological polar surface area (TPSA) is 94.9 Å². The SMILES string of the molecule is NC(=O)C1(c2cnc(-c3ccncc3)c(-c3ccco3)n2)CCCC1. The minimum absolute atomic E-state index is 0.332. The van der Waals surface area contributed by atoms with Crippen LogP contribution in [0.15, 0.2) is 53.5 Å². The summed E-state index contributed by atoms with van der Waals surface area (Å²) in [6.07, 6.45) is 10.0. The van der Waals surface area contributed by atoms with E-state index in [1.165, 1.54) is 0 Å². The highest BCUT2D eigenvalue weighted by molar-refractivity contribution is 5.87. The van der Waals surface area contributed by atoms with Gasteiger partial charge >= 0.3 is 0 Å². The first-order valence-electron chi connectivity index (χ1n) is 8.32. The molecule has 0 unspecified atom stereocenters. The number of aromatic nitrogens is 3. The maximum atomic E-state index is 12.2. The molecule has 4 rings (SSSR count). The van der Waals surface area contributed by atoms with Crippen LogP contribution >= 0.6 is 0 Å². The third-order valence-electron chi connectivity index (χ3n) is 4.90. The van der Waals surface area contributed by atoms with Gasteiger partial charge in [-0.1, -0.05) is 12.8 Å². The molecule has 1 saturated carbocycles. The molecule has 25 heavy (non-hydrogen) atoms. The van der Waals surface area contributed by atoms with Gasteiger partial charge in [-0.25, -0.2) is 4.98 Å². The maximum absolute atomic E-state index is 12.2. The van der Waals surface area contributed by atoms with Crippen LogP contribution in [0.5, 0.6) is 0 Å². The molecular formula is C19H18N4O2. The minimum Gasteiger partial charge on any atom is -0.463 e. The highest BCUT2D eigenvalue weighted by Crippen LogP contribution is 2.41. The van der Waals surface area contributed by atoms with E-state index in [2.05, 4.69) is 9.97 Å². The lowest BCUT2D eigenvalue weighted by Gasteiger charge is -2.24. The van der Waals surface area contributed by atoms with Crippen molar-refractivity contribution < 1.29 is 9.21 Å². The summed E-state index contributed by atoms with van der Waals surface area (Å²) in [4.78, 5) is 25.7. The Balaban J connectivity index is 1.90. The molecule has 3 aromatic rings. The molecule has 0 saturated heterocycles. The minimum atomic E-state index is -0.731. The normalized spacial score (nSPS) is 16.0. The summed E-state index contributed by atoms with van der Waals surface area (Å²) >= 11 is 0. The van der Waals surface area contributed by atoms with Crippen LogP contribution in [0.1, 0.15) is 31.4 Å². The van der Waals surface area contributed by atoms with Crippen molar-refractivity contribution in [3.63, 3.8) is 0 Å². The van der Waals surface area contributed by atoms with Gasteiger partial charge in [0.2, 0.25) is 5.91 Å². The summed E-state index contributed by atoms with van der Waals surface area (Å²) in [5, 5.41) is 0. The van der Waals surface area contributed by atoms with Gasteiger partial charge in [0.05, 0.1) is 29.3 Å². The summed E-state index contributed by atoms with van der Waals surface area (Å²) in [5.41, 5.74) is 7.83. The van der Waals surface area contributed by atoms with Crippen LogP contribution in [-0.2, 0) is 10.2 Å². The number of nitrogens with zero attached hydrogens (tertiary/aromatic N) is 3. The number of pyridine rings is 1. The average molecular weight is 334 g/mol. The third kappa shape index (κ3) is 2.59. The zero-order valence-electron chi connectivity index (χ0n) is 13.7. The quantitative estimate of drug-likeness (QED) is 0.791. The molecule has 2 N–H and O–H groups in total. The fourth-order valence-electron chi connectivity index (χ4n) is 3.53. The first-order chi connectivity index (χ1) is 12.2. The van der Waals surface area contributed by atoms with Crippen LogP contribution in [0, 0.1) is 0 Å². The van der Waals surface area contributed by atoms with Crippen molar-refractivity contribution in [3.8, 4) is 22.7 Å². The first kappa shape index (κ1) is 15.5. The number of carbonyl (C=O) groups is 1. The molecule has 0 atom stereocenters. The van der Waals surface area contributed by atoms with E-state index >= 15 is 0 Å². The van der Waals surface area contributed by atoms with Crippen LogP contribution in [0.2, 0.25) is 0 Å². The van der Waals surface area contributed by atoms with Crippen molar-refractivity contribution in [3.05, 3.63) is 54.8 Å². The standard InChI is InChI=1S/C19H18N4O2/c20-18(24)19(7-1-2-8-19)15-12-22-16(13-5-9-21-10-6-13)17(23-15)14-4-3-11-25-14/h3-6,9-12H,1-2,7-8H2,(H2,20,24). The van der Waals surface area contributed by atoms with Gasteiger partial charge in [0.25, 0.3) is 0 Å². The van der Waals surface area contributed by atoms with Gasteiger partial charge in [0.15, 0.2) is 5.76 Å². The molecule has 1 amide bonds. The Hall–Kier alpha value is -3.02. The van der Waals surface area contributed by atoms with Gasteiger partial charge in [0, 0.05) is 18.0 Å². The highest BCUT2D eigenvalue weighted by atomic mass is 16.3. The Morgan fingerprint density at radius 1 is 1.12 bits per heavy atom. The van der Waals surface area contributed by atoms with Gasteiger partial charge in [-0.05, 0) is 37.1 Å². The van der Waals surface area contributed by atoms with E-state index in [9.17, 15) is 4.79 Å². The number of hydrogen-bond acceptors (Lipinski definition) is 5. The summed E-state index contributed by atoms with van der Waals surface area (Å²) in [5.74, 6) is 0.278. The third-order valence-corrected chi connectivity index (χ3v) is 4.90. The molecule has 126 valence electrons. The van der Waals surface area contributed by atoms with E-state index in [-0.39, 0.29) is 5.91 Å². The second-order valence-corrected chi connectivity index (χ2v) is 6.32. The Morgan fingerprint density at radius 2 is 1.88 bits per heavy atom. The summed E-state index contributed by atoms with van der Waals surface area (Å²) in [6.45, 7) is 0. The molecule has 1 aliphatic rings. The Morgan fingerprint density at radius 3 is 2.52 bits per heavy atom. The number of amides is 1. The zero-order chi connectivity index (χ0) is 17.3. The number of carbonyl (C=O) groups excluding carboxylic acids is 1. The molecular weight excluding hydrogens is 316 g/mol. The van der Waals surface area contributed by atoms with Crippen molar-refractivity contribution >= 4 is 5.91 Å². The Labute approximate surface area is 145 Å². The smallest absolute Gasteiger partial charge is 0.229 e. The van der Waals surface area contributed by atoms with Crippen molar-refractivity contribution in [1.29, 1.82) is 0 Å². The average Bonchev–Trinajstić information content (AvgIpc) is 3.34. The van der Waals surface area contributed by atoms with Gasteiger partial charge in [-0.3, -0.25) is 14.8 Å². The highest BCUT2D eigenvalue weighted by Gasteiger charge is 2.43. The number of primary amides is 1. The summed E-state index contributed by atoms with van der Waals surface area (Å²) in [7, 11) is 0. The van der Waals surface area contributed by atoms with E-state index in [1.807, 2.05) is 18.2 Å². The largest absolute Gasteiger partial charge is 0.463 e. The van der Waals surface area contributed by atoms with Gasteiger partial charge in [-0.2, -0.15) is 0 Å². The number of hydrogen-bond donors (Lipinski definition) is 1. The zero-order valence-corrected chi connectivity index (χ0v) is 13.7. The van der Waals surface area contributed by atoms with Crippen LogP contribution in [0.4, 0.5) is 0 Å². The van der Waals surface area contributed by atoms with Crippen molar-refractivity contribution in [2.75, 3.05) is 0 Å². The molecule has 0 spiro atoms. The van der Waals surface area contributed by atoms with E-state index in [0.717, 1.165) is 18.4 Å². The lowest BCUT2D eigenvalue weighted by Crippen LogP contribution is -2.39. The van der Waals surface area contributed by atoms with Crippen molar-refractivity contribution in [2.45, 2.75) is 31.1 Å². The molecule has 0 aliphatic heterocycles. The predicted molar refractivity (Wildman–Crippen MR) is 92.3 cm³/mol. The van der Waals surface area contributed by atoms with Crippen LogP contribution in [0.25, 0.3) is 22.7 Å². The van der Waals surface area contributed by atoms with E-state index in [0.29, 0.717) is 35.7 Å². The van der Waals surface area contributed by atoms with Gasteiger partial charge in [0.1, 0.15) is 5.69 Å². The first-order valence-corrected chi connectivity index (χ1v) is 8.32. The second-order valence-electron chi connectivity index (χ2n) is 6.32. The number of furan rings is 1. The molecule has 0 aromatic carbocycles. The fraction of sp³-hybridized carbons (Fsp3) is 0.263. The van der Waals surface area contributed by atoms with Crippen molar-refractivity contribution in [2.24, 2.45) is 5.73 Å². The second kappa shape index (κ2) is 6.12. The molecule has 6 nitrogen and oxygen atoms in total. The van der Waals surface area contributed by atoms with Crippen LogP contribution in [0.3, 0.4) is 0 Å². The van der Waals surface area contributed by atoms with E-state index < -0.39 is 5.41 Å². The molecule has 0 bridgehead atoms. The molecule has 1 aliphatic carbocycles. The molecule has 1 fully saturated rings. The fourth-order valence-corrected chi connectivity index (χ4v) is 3.53. The maximum Gasteiger partial charge on any atom is 0.229 e. The summed E-state index contributed by atoms with van der Waals surface area (Å²) in [6, 6.07) is 7.38. The molecule has 0 radical (unpaired) electrons. The van der Waals surface area contributed by atoms with Gasteiger partial charge in [-0.15, -0.1) is 0 Å². The lowest BCUT2D eigenvalue weighted by molar-refractivity contribution is -0.123. The van der Waals surface area contributed by atoms with Gasteiger partial charge < -0.3 is 10.2 Å². The van der Waals surface area contributed by atoms with Crippen LogP contribution in [-0.4, -0.2) is 20.9 Å². The molecule has 6 heteroatoms.